The van der Waals surface area contributed by atoms with Gasteiger partial charge in [0.1, 0.15) is 0 Å². The summed E-state index contributed by atoms with van der Waals surface area (Å²) < 4.78 is 37.9. The van der Waals surface area contributed by atoms with Crippen LogP contribution in [-0.4, -0.2) is 3.71 Å². The molecule has 0 radical (unpaired) electrons. The maximum Gasteiger partial charge on any atom is -1.00 e. The van der Waals surface area contributed by atoms with Crippen LogP contribution in [0.4, 0.5) is 13.2 Å². The van der Waals surface area contributed by atoms with Gasteiger partial charge in [-0.1, -0.05) is 79.0 Å². The molecule has 246 valence electrons. The van der Waals surface area contributed by atoms with Crippen molar-refractivity contribution in [1.82, 2.24) is 0 Å². The van der Waals surface area contributed by atoms with E-state index >= 15 is 0 Å². The number of halogens is 5. The number of hydrogen-bond donors (Lipinski definition) is 0. The third kappa shape index (κ3) is 7.93. The van der Waals surface area contributed by atoms with Crippen LogP contribution in [0, 0.1) is 26.8 Å². The Morgan fingerprint density at radius 3 is 1.79 bits per heavy atom. The average molecular weight is 753 g/mol. The van der Waals surface area contributed by atoms with E-state index in [9.17, 15) is 13.2 Å². The first-order valence-corrected chi connectivity index (χ1v) is 16.9. The van der Waals surface area contributed by atoms with Crippen molar-refractivity contribution in [2.75, 3.05) is 0 Å². The largest absolute Gasteiger partial charge is 1.00 e. The quantitative estimate of drug-likeness (QED) is 0.207. The van der Waals surface area contributed by atoms with Crippen LogP contribution in [0.2, 0.25) is 0 Å². The van der Waals surface area contributed by atoms with Gasteiger partial charge in [-0.15, -0.1) is 11.6 Å². The van der Waals surface area contributed by atoms with Gasteiger partial charge in [-0.05, 0) is 58.4 Å². The Bertz CT molecular complexity index is 1760. The fourth-order valence-electron chi connectivity index (χ4n) is 7.00. The first-order valence-electron chi connectivity index (χ1n) is 15.5. The summed E-state index contributed by atoms with van der Waals surface area (Å²) in [7, 11) is 0. The van der Waals surface area contributed by atoms with Crippen molar-refractivity contribution in [3.63, 3.8) is 0 Å². The number of allylic oxidation sites excluding steroid dienone is 4. The van der Waals surface area contributed by atoms with E-state index in [2.05, 4.69) is 111 Å². The van der Waals surface area contributed by atoms with Crippen molar-refractivity contribution in [3.8, 4) is 11.1 Å². The molecular weight excluding hydrogens is 712 g/mol. The van der Waals surface area contributed by atoms with Gasteiger partial charge >= 0.3 is 82.7 Å². The smallest absolute Gasteiger partial charge is 1.00 e. The molecule has 4 aromatic rings. The van der Waals surface area contributed by atoms with Gasteiger partial charge in [0.05, 0.1) is 0 Å². The molecule has 0 nitrogen and oxygen atoms in total. The number of benzene rings is 3. The molecule has 3 aliphatic carbocycles. The summed E-state index contributed by atoms with van der Waals surface area (Å²) in [5.74, 6) is 0. The Balaban J connectivity index is 0.000000229. The summed E-state index contributed by atoms with van der Waals surface area (Å²) in [5.41, 5.74) is 19.0. The average Bonchev–Trinajstić information content (AvgIpc) is 3.60. The third-order valence-electron chi connectivity index (χ3n) is 9.35. The Labute approximate surface area is 306 Å². The van der Waals surface area contributed by atoms with Crippen molar-refractivity contribution >= 4 is 14.9 Å². The van der Waals surface area contributed by atoms with E-state index in [1.54, 1.807) is 0 Å². The second kappa shape index (κ2) is 14.2. The molecule has 0 unspecified atom stereocenters. The van der Waals surface area contributed by atoms with Gasteiger partial charge in [0.25, 0.3) is 0 Å². The van der Waals surface area contributed by atoms with Gasteiger partial charge in [0, 0.05) is 5.41 Å². The second-order valence-corrected chi connectivity index (χ2v) is 14.6. The van der Waals surface area contributed by atoms with Crippen LogP contribution in [0.5, 0.6) is 0 Å². The molecule has 0 saturated heterocycles. The maximum atomic E-state index is 12.0. The van der Waals surface area contributed by atoms with Gasteiger partial charge in [0.15, 0.2) is 0 Å². The Morgan fingerprint density at radius 2 is 1.32 bits per heavy atom. The molecule has 0 bridgehead atoms. The predicted molar refractivity (Wildman–Crippen MR) is 180 cm³/mol. The molecule has 3 aliphatic rings. The van der Waals surface area contributed by atoms with Gasteiger partial charge in [0.2, 0.25) is 0 Å². The normalized spacial score (nSPS) is 15.5. The fraction of sp³-hybridized carbons (Fsp3) is 0.317. The summed E-state index contributed by atoms with van der Waals surface area (Å²) in [6.45, 7) is 20.1. The molecule has 6 heteroatoms. The zero-order chi connectivity index (χ0) is 33.1. The summed E-state index contributed by atoms with van der Waals surface area (Å²) >= 11 is 1.18. The van der Waals surface area contributed by atoms with E-state index in [4.69, 9.17) is 0 Å². The van der Waals surface area contributed by atoms with Crippen LogP contribution in [0.15, 0.2) is 66.7 Å². The fourth-order valence-corrected chi connectivity index (χ4v) is 7.47. The second-order valence-electron chi connectivity index (χ2n) is 13.9. The first kappa shape index (κ1) is 39.1. The monoisotopic (exact) mass is 750 g/mol. The molecule has 47 heavy (non-hydrogen) atoms. The molecular formula is C41H41Cl2F3Zr-2. The summed E-state index contributed by atoms with van der Waals surface area (Å²) in [5, 5.41) is 0. The molecule has 0 heterocycles. The van der Waals surface area contributed by atoms with Crippen molar-refractivity contribution in [2.24, 2.45) is 0 Å². The maximum absolute atomic E-state index is 12.0. The Hall–Kier alpha value is -2.39. The molecule has 0 aliphatic heterocycles. The molecule has 0 saturated carbocycles. The summed E-state index contributed by atoms with van der Waals surface area (Å²) in [6, 6.07) is 19.3. The summed E-state index contributed by atoms with van der Waals surface area (Å²) in [6.07, 6.45) is 2.91. The van der Waals surface area contributed by atoms with E-state index in [0.29, 0.717) is 0 Å². The van der Waals surface area contributed by atoms with Crippen LogP contribution in [0.25, 0.3) is 22.3 Å². The van der Waals surface area contributed by atoms with Crippen molar-refractivity contribution in [3.05, 3.63) is 134 Å². The van der Waals surface area contributed by atoms with Crippen LogP contribution < -0.4 is 24.8 Å². The number of alkyl halides is 3. The van der Waals surface area contributed by atoms with E-state index < -0.39 is 11.7 Å². The Morgan fingerprint density at radius 1 is 0.766 bits per heavy atom. The minimum absolute atomic E-state index is 0. The number of hydrogen-bond acceptors (Lipinski definition) is 0. The van der Waals surface area contributed by atoms with Crippen molar-refractivity contribution in [1.29, 1.82) is 0 Å². The van der Waals surface area contributed by atoms with Gasteiger partial charge < -0.3 is 24.8 Å². The first-order chi connectivity index (χ1) is 20.9. The molecule has 0 spiro atoms. The predicted octanol–water partition coefficient (Wildman–Crippen LogP) is 5.19. The zero-order valence-electron chi connectivity index (χ0n) is 28.5. The van der Waals surface area contributed by atoms with E-state index in [1.807, 2.05) is 3.71 Å². The number of aryl methyl sites for hydroxylation is 3. The standard InChI is InChI=1S/C25H25.C8H5F3.C8H11.2ClH.Zr/c1-14-12-24(3,4)22-8-16-7-17-9-23-19(15(2)13-25(23,5)6)11-21(17)20(16)10-18(14)22;1-6-2-4-7(5-3-6)8(9,10)11;1-6-4-7(2)8(3)5-6;;;/h8-12H,7H2,1-6H3;1-5H;4-5H,1-3H3;2*1H;/q-1;;-1;;;+2/p-2. The molecule has 4 aromatic carbocycles. The van der Waals surface area contributed by atoms with E-state index in [0.717, 1.165) is 24.1 Å². The zero-order valence-corrected chi connectivity index (χ0v) is 32.5. The van der Waals surface area contributed by atoms with Crippen LogP contribution in [0.3, 0.4) is 0 Å². The van der Waals surface area contributed by atoms with Gasteiger partial charge in [-0.2, -0.15) is 28.3 Å². The summed E-state index contributed by atoms with van der Waals surface area (Å²) in [4.78, 5) is 0. The molecule has 0 N–H and O–H groups in total. The van der Waals surface area contributed by atoms with Gasteiger partial charge in [-0.25, -0.2) is 11.6 Å². The van der Waals surface area contributed by atoms with E-state index in [1.165, 1.54) is 109 Å². The third-order valence-corrected chi connectivity index (χ3v) is 10.2. The minimum Gasteiger partial charge on any atom is -1.00 e. The van der Waals surface area contributed by atoms with Crippen LogP contribution in [0.1, 0.15) is 103 Å². The molecule has 0 atom stereocenters. The van der Waals surface area contributed by atoms with Crippen molar-refractivity contribution in [2.45, 2.75) is 85.7 Å². The van der Waals surface area contributed by atoms with Crippen LogP contribution in [-0.2, 0) is 47.7 Å². The van der Waals surface area contributed by atoms with Crippen LogP contribution >= 0.6 is 0 Å². The minimum atomic E-state index is -4.22. The SMILES string of the molecule is CC1=[C-]C(C)(C)c2cc3c(cc21)-c1cc2c(cc1C3)C(C)(C)C=C2C.Cc1cc(C)c(C)[cH-]1.FC(F)(F)c1ccc([CH]=[Zr+2])cc1.[Cl-].[Cl-]. The molecule has 0 aromatic heterocycles. The van der Waals surface area contributed by atoms with Gasteiger partial charge in [-0.3, -0.25) is 6.08 Å². The number of rotatable bonds is 1. The number of fused-ring (bicyclic) bond motifs is 5. The van der Waals surface area contributed by atoms with Crippen molar-refractivity contribution < 1.29 is 62.2 Å². The van der Waals surface area contributed by atoms with E-state index in [-0.39, 0.29) is 35.6 Å². The molecule has 7 rings (SSSR count). The topological polar surface area (TPSA) is 0 Å². The molecule has 0 fully saturated rings. The molecule has 0 amide bonds. The Kier molecular flexibility index (Phi) is 11.8.